The molecule has 3 heteroatoms. The van der Waals surface area contributed by atoms with E-state index in [4.69, 9.17) is 0 Å². The van der Waals surface area contributed by atoms with Gasteiger partial charge >= 0.3 is 0 Å². The lowest BCUT2D eigenvalue weighted by Crippen LogP contribution is -2.10. The van der Waals surface area contributed by atoms with E-state index in [0.29, 0.717) is 0 Å². The molecule has 0 spiro atoms. The first-order valence-corrected chi connectivity index (χ1v) is 2.57. The zero-order chi connectivity index (χ0) is 5.82. The van der Waals surface area contributed by atoms with Crippen LogP contribution in [0.1, 0.15) is 13.3 Å². The van der Waals surface area contributed by atoms with E-state index in [9.17, 15) is 0 Å². The van der Waals surface area contributed by atoms with E-state index in [1.54, 1.807) is 6.26 Å². The fourth-order valence-electron chi connectivity index (χ4n) is 0.462. The molecule has 1 heterocycles. The predicted molar refractivity (Wildman–Crippen MR) is 31.1 cm³/mol. The van der Waals surface area contributed by atoms with E-state index >= 15 is 0 Å². The largest absolute Gasteiger partial charge is 0.373 e. The number of rotatable bonds is 1. The van der Waals surface area contributed by atoms with Gasteiger partial charge in [0.1, 0.15) is 6.26 Å². The van der Waals surface area contributed by atoms with Crippen LogP contribution < -0.4 is 5.59 Å². The summed E-state index contributed by atoms with van der Waals surface area (Å²) in [5.74, 6) is 0. The molecule has 1 aliphatic heterocycles. The second-order valence-electron chi connectivity index (χ2n) is 1.47. The number of nitrogens with one attached hydrogen (secondary N) is 1. The third-order valence-electron chi connectivity index (χ3n) is 0.933. The van der Waals surface area contributed by atoms with Crippen molar-refractivity contribution < 1.29 is 4.84 Å². The Labute approximate surface area is 48.0 Å². The molecule has 0 bridgehead atoms. The van der Waals surface area contributed by atoms with Crippen LogP contribution in [0.3, 0.4) is 0 Å². The number of hydrogen-bond donors (Lipinski definition) is 1. The van der Waals surface area contributed by atoms with Gasteiger partial charge in [0, 0.05) is 0 Å². The molecule has 0 aromatic heterocycles. The summed E-state index contributed by atoms with van der Waals surface area (Å²) < 4.78 is 0. The van der Waals surface area contributed by atoms with Gasteiger partial charge < -0.3 is 4.84 Å². The maximum atomic E-state index is 4.58. The Morgan fingerprint density at radius 2 is 2.75 bits per heavy atom. The maximum Gasteiger partial charge on any atom is 0.123 e. The van der Waals surface area contributed by atoms with E-state index in [1.807, 2.05) is 13.0 Å². The summed E-state index contributed by atoms with van der Waals surface area (Å²) in [5, 5.41) is 3.81. The quantitative estimate of drug-likeness (QED) is 0.544. The summed E-state index contributed by atoms with van der Waals surface area (Å²) >= 11 is 0. The second-order valence-corrected chi connectivity index (χ2v) is 1.47. The summed E-state index contributed by atoms with van der Waals surface area (Å²) in [7, 11) is 0. The fraction of sp³-hybridized carbons (Fsp3) is 0.400. The van der Waals surface area contributed by atoms with Crippen molar-refractivity contribution in [1.82, 2.24) is 5.59 Å². The predicted octanol–water partition coefficient (Wildman–Crippen LogP) is 0.801. The molecule has 0 unspecified atom stereocenters. The number of allylic oxidation sites excluding steroid dienone is 1. The van der Waals surface area contributed by atoms with E-state index in [2.05, 4.69) is 15.5 Å². The van der Waals surface area contributed by atoms with Gasteiger partial charge in [0.2, 0.25) is 0 Å². The van der Waals surface area contributed by atoms with Gasteiger partial charge in [-0.15, -0.1) is 10.7 Å². The smallest absolute Gasteiger partial charge is 0.123 e. The first-order chi connectivity index (χ1) is 3.93. The highest BCUT2D eigenvalue weighted by atomic mass is 16.7. The fourth-order valence-corrected chi connectivity index (χ4v) is 0.462. The molecule has 1 rings (SSSR count). The first-order valence-electron chi connectivity index (χ1n) is 2.57. The van der Waals surface area contributed by atoms with Gasteiger partial charge in [-0.3, -0.25) is 0 Å². The Morgan fingerprint density at radius 1 is 1.88 bits per heavy atom. The van der Waals surface area contributed by atoms with E-state index in [1.165, 1.54) is 0 Å². The lowest BCUT2D eigenvalue weighted by atomic mass is 10.3. The molecular weight excluding hydrogens is 104 g/mol. The standard InChI is InChI=1S/C5H8N2O/c1-2-5-3-4-8-7-6-5/h3-4,7H,2H2,1H3. The Bertz CT molecular complexity index is 128. The Balaban J connectivity index is 2.51. The van der Waals surface area contributed by atoms with Gasteiger partial charge in [-0.2, -0.15) is 0 Å². The van der Waals surface area contributed by atoms with Crippen molar-refractivity contribution in [3.8, 4) is 0 Å². The molecule has 8 heavy (non-hydrogen) atoms. The van der Waals surface area contributed by atoms with Gasteiger partial charge in [0.25, 0.3) is 0 Å². The summed E-state index contributed by atoms with van der Waals surface area (Å²) in [4.78, 5) is 4.58. The van der Waals surface area contributed by atoms with Crippen LogP contribution >= 0.6 is 0 Å². The van der Waals surface area contributed by atoms with Crippen LogP contribution in [-0.4, -0.2) is 5.71 Å². The molecule has 1 aliphatic rings. The Kier molecular flexibility index (Phi) is 1.51. The minimum Gasteiger partial charge on any atom is -0.373 e. The summed E-state index contributed by atoms with van der Waals surface area (Å²) in [6.45, 7) is 2.04. The summed E-state index contributed by atoms with van der Waals surface area (Å²) in [5.41, 5.74) is 3.40. The average molecular weight is 112 g/mol. The lowest BCUT2D eigenvalue weighted by Gasteiger charge is -2.03. The summed E-state index contributed by atoms with van der Waals surface area (Å²) in [6, 6.07) is 0. The maximum absolute atomic E-state index is 4.58. The molecule has 0 aliphatic carbocycles. The average Bonchev–Trinajstić information content (AvgIpc) is 1.90. The molecule has 1 N–H and O–H groups in total. The zero-order valence-corrected chi connectivity index (χ0v) is 4.72. The van der Waals surface area contributed by atoms with Crippen molar-refractivity contribution in [2.75, 3.05) is 0 Å². The molecule has 0 atom stereocenters. The molecular formula is C5H8N2O. The van der Waals surface area contributed by atoms with Crippen LogP contribution in [0.15, 0.2) is 17.4 Å². The molecule has 0 saturated carbocycles. The van der Waals surface area contributed by atoms with Crippen LogP contribution in [0.25, 0.3) is 0 Å². The Hall–Kier alpha value is -0.990. The zero-order valence-electron chi connectivity index (χ0n) is 4.72. The summed E-state index contributed by atoms with van der Waals surface area (Å²) in [6.07, 6.45) is 4.34. The molecule has 0 aromatic rings. The minimum absolute atomic E-state index is 0.937. The lowest BCUT2D eigenvalue weighted by molar-refractivity contribution is 0.135. The molecule has 44 valence electrons. The minimum atomic E-state index is 0.937. The highest BCUT2D eigenvalue weighted by Gasteiger charge is 1.92. The van der Waals surface area contributed by atoms with Gasteiger partial charge in [-0.1, -0.05) is 6.92 Å². The van der Waals surface area contributed by atoms with Crippen LogP contribution in [0.4, 0.5) is 0 Å². The van der Waals surface area contributed by atoms with E-state index in [0.717, 1.165) is 12.1 Å². The highest BCUT2D eigenvalue weighted by Crippen LogP contribution is 1.91. The first kappa shape index (κ1) is 5.15. The molecule has 0 aromatic carbocycles. The van der Waals surface area contributed by atoms with Gasteiger partial charge in [-0.25, -0.2) is 0 Å². The van der Waals surface area contributed by atoms with E-state index in [-0.39, 0.29) is 0 Å². The van der Waals surface area contributed by atoms with Crippen molar-refractivity contribution >= 4 is 5.71 Å². The van der Waals surface area contributed by atoms with Crippen LogP contribution in [-0.2, 0) is 4.84 Å². The molecule has 0 fully saturated rings. The number of hydrogen-bond acceptors (Lipinski definition) is 3. The van der Waals surface area contributed by atoms with Crippen molar-refractivity contribution in [2.45, 2.75) is 13.3 Å². The third kappa shape index (κ3) is 0.992. The van der Waals surface area contributed by atoms with Gasteiger partial charge in [0.15, 0.2) is 0 Å². The molecule has 0 saturated heterocycles. The molecule has 0 radical (unpaired) electrons. The van der Waals surface area contributed by atoms with Gasteiger partial charge in [-0.05, 0) is 12.5 Å². The monoisotopic (exact) mass is 112 g/mol. The van der Waals surface area contributed by atoms with Crippen molar-refractivity contribution in [3.63, 3.8) is 0 Å². The van der Waals surface area contributed by atoms with Crippen molar-refractivity contribution in [3.05, 3.63) is 12.3 Å². The SMILES string of the molecule is CCC1=NNOC=C1. The third-order valence-corrected chi connectivity index (χ3v) is 0.933. The van der Waals surface area contributed by atoms with Crippen molar-refractivity contribution in [2.24, 2.45) is 5.10 Å². The highest BCUT2D eigenvalue weighted by molar-refractivity contribution is 5.94. The second kappa shape index (κ2) is 2.35. The van der Waals surface area contributed by atoms with Crippen LogP contribution in [0.5, 0.6) is 0 Å². The Morgan fingerprint density at radius 3 is 3.12 bits per heavy atom. The van der Waals surface area contributed by atoms with Crippen LogP contribution in [0.2, 0.25) is 0 Å². The number of nitrogens with zero attached hydrogens (tertiary/aromatic N) is 1. The normalized spacial score (nSPS) is 16.4. The van der Waals surface area contributed by atoms with Gasteiger partial charge in [0.05, 0.1) is 5.71 Å². The van der Waals surface area contributed by atoms with E-state index < -0.39 is 0 Å². The molecule has 0 amide bonds. The molecule has 3 nitrogen and oxygen atoms in total. The topological polar surface area (TPSA) is 33.6 Å². The van der Waals surface area contributed by atoms with Crippen molar-refractivity contribution in [1.29, 1.82) is 0 Å². The number of hydrazone groups is 1. The van der Waals surface area contributed by atoms with Crippen LogP contribution in [0, 0.1) is 0 Å².